The van der Waals surface area contributed by atoms with Crippen LogP contribution in [0.4, 0.5) is 0 Å². The maximum atomic E-state index is 11.5. The quantitative estimate of drug-likeness (QED) is 0.668. The number of hydrogen-bond donors (Lipinski definition) is 0. The fourth-order valence-corrected chi connectivity index (χ4v) is 2.12. The van der Waals surface area contributed by atoms with Crippen LogP contribution in [-0.2, 0) is 9.53 Å². The number of ether oxygens (including phenoxy) is 1. The predicted molar refractivity (Wildman–Crippen MR) is 60.6 cm³/mol. The molecule has 0 amide bonds. The Morgan fingerprint density at radius 1 is 1.47 bits per heavy atom. The van der Waals surface area contributed by atoms with Crippen molar-refractivity contribution in [1.82, 2.24) is 4.90 Å². The molecule has 1 aliphatic rings. The zero-order valence-electron chi connectivity index (χ0n) is 10.3. The van der Waals surface area contributed by atoms with Gasteiger partial charge in [0.15, 0.2) is 0 Å². The number of hydrogen-bond acceptors (Lipinski definition) is 3. The van der Waals surface area contributed by atoms with Crippen molar-refractivity contribution in [2.45, 2.75) is 40.2 Å². The van der Waals surface area contributed by atoms with E-state index in [1.54, 1.807) is 0 Å². The minimum Gasteiger partial charge on any atom is -0.465 e. The molecule has 1 rings (SSSR count). The van der Waals surface area contributed by atoms with E-state index in [0.717, 1.165) is 19.0 Å². The average Bonchev–Trinajstić information content (AvgIpc) is 2.65. The van der Waals surface area contributed by atoms with Crippen LogP contribution in [0.3, 0.4) is 0 Å². The summed E-state index contributed by atoms with van der Waals surface area (Å²) < 4.78 is 5.03. The summed E-state index contributed by atoms with van der Waals surface area (Å²) in [6, 6.07) is -0.0753. The minimum atomic E-state index is -0.0816. The number of likely N-dealkylation sites (tertiary alicyclic amines) is 1. The van der Waals surface area contributed by atoms with Crippen molar-refractivity contribution in [1.29, 1.82) is 0 Å². The van der Waals surface area contributed by atoms with E-state index in [1.165, 1.54) is 6.42 Å². The van der Waals surface area contributed by atoms with Crippen molar-refractivity contribution < 1.29 is 9.53 Å². The zero-order valence-corrected chi connectivity index (χ0v) is 10.3. The molecule has 0 aliphatic carbocycles. The van der Waals surface area contributed by atoms with E-state index in [1.807, 2.05) is 13.8 Å². The monoisotopic (exact) mass is 213 g/mol. The van der Waals surface area contributed by atoms with E-state index < -0.39 is 0 Å². The van der Waals surface area contributed by atoms with Crippen molar-refractivity contribution in [3.8, 4) is 0 Å². The molecule has 1 heterocycles. The summed E-state index contributed by atoms with van der Waals surface area (Å²) in [7, 11) is 0. The Kier molecular flexibility index (Phi) is 4.58. The maximum Gasteiger partial charge on any atom is 0.323 e. The molecule has 1 saturated heterocycles. The lowest BCUT2D eigenvalue weighted by molar-refractivity contribution is -0.148. The third-order valence-corrected chi connectivity index (χ3v) is 3.37. The molecule has 0 spiro atoms. The van der Waals surface area contributed by atoms with Gasteiger partial charge in [-0.05, 0) is 38.6 Å². The molecule has 2 atom stereocenters. The second-order valence-electron chi connectivity index (χ2n) is 4.72. The highest BCUT2D eigenvalue weighted by atomic mass is 16.5. The van der Waals surface area contributed by atoms with Gasteiger partial charge in [0.05, 0.1) is 6.61 Å². The van der Waals surface area contributed by atoms with Crippen LogP contribution in [0.1, 0.15) is 34.1 Å². The van der Waals surface area contributed by atoms with Gasteiger partial charge in [0, 0.05) is 6.54 Å². The second-order valence-corrected chi connectivity index (χ2v) is 4.72. The van der Waals surface area contributed by atoms with Gasteiger partial charge in [0.25, 0.3) is 0 Å². The van der Waals surface area contributed by atoms with Crippen LogP contribution in [-0.4, -0.2) is 36.6 Å². The lowest BCUT2D eigenvalue weighted by Gasteiger charge is -2.23. The molecule has 0 N–H and O–H groups in total. The van der Waals surface area contributed by atoms with E-state index in [0.29, 0.717) is 12.5 Å². The molecule has 88 valence electrons. The number of carbonyl (C=O) groups is 1. The van der Waals surface area contributed by atoms with E-state index in [-0.39, 0.29) is 12.0 Å². The van der Waals surface area contributed by atoms with Crippen LogP contribution in [0, 0.1) is 11.8 Å². The molecule has 0 bridgehead atoms. The highest BCUT2D eigenvalue weighted by molar-refractivity contribution is 5.75. The van der Waals surface area contributed by atoms with Gasteiger partial charge in [-0.3, -0.25) is 9.69 Å². The minimum absolute atomic E-state index is 0.0753. The fraction of sp³-hybridized carbons (Fsp3) is 0.917. The number of esters is 1. The topological polar surface area (TPSA) is 29.5 Å². The summed E-state index contributed by atoms with van der Waals surface area (Å²) in [6.07, 6.45) is 1.21. The highest BCUT2D eigenvalue weighted by Crippen LogP contribution is 2.25. The van der Waals surface area contributed by atoms with E-state index in [4.69, 9.17) is 4.74 Å². The van der Waals surface area contributed by atoms with Crippen LogP contribution in [0.25, 0.3) is 0 Å². The summed E-state index contributed by atoms with van der Waals surface area (Å²) in [6.45, 7) is 10.9. The summed E-state index contributed by atoms with van der Waals surface area (Å²) in [5.41, 5.74) is 0. The molecular weight excluding hydrogens is 190 g/mol. The summed E-state index contributed by atoms with van der Waals surface area (Å²) in [5.74, 6) is 1.37. The Morgan fingerprint density at radius 3 is 2.60 bits per heavy atom. The molecule has 0 aromatic rings. The maximum absolute atomic E-state index is 11.5. The first kappa shape index (κ1) is 12.5. The average molecular weight is 213 g/mol. The first-order chi connectivity index (χ1) is 7.06. The Morgan fingerprint density at radius 2 is 2.13 bits per heavy atom. The lowest BCUT2D eigenvalue weighted by atomic mass is 9.95. The highest BCUT2D eigenvalue weighted by Gasteiger charge is 2.31. The molecule has 2 unspecified atom stereocenters. The standard InChI is InChI=1S/C12H23NO2/c1-5-15-12(14)10(4)13-7-6-11(8-13)9(2)3/h9-11H,5-8H2,1-4H3. The molecule has 0 aromatic carbocycles. The molecular formula is C12H23NO2. The molecule has 3 heteroatoms. The van der Waals surface area contributed by atoms with Gasteiger partial charge >= 0.3 is 5.97 Å². The van der Waals surface area contributed by atoms with Crippen LogP contribution in [0.2, 0.25) is 0 Å². The van der Waals surface area contributed by atoms with E-state index in [2.05, 4.69) is 18.7 Å². The van der Waals surface area contributed by atoms with Crippen LogP contribution in [0.5, 0.6) is 0 Å². The molecule has 0 radical (unpaired) electrons. The third-order valence-electron chi connectivity index (χ3n) is 3.37. The van der Waals surface area contributed by atoms with Crippen LogP contribution >= 0.6 is 0 Å². The Bertz CT molecular complexity index is 216. The Balaban J connectivity index is 2.42. The van der Waals surface area contributed by atoms with Gasteiger partial charge in [0.2, 0.25) is 0 Å². The smallest absolute Gasteiger partial charge is 0.323 e. The summed E-state index contributed by atoms with van der Waals surface area (Å²) in [5, 5.41) is 0. The van der Waals surface area contributed by atoms with Crippen molar-refractivity contribution in [2.75, 3.05) is 19.7 Å². The van der Waals surface area contributed by atoms with Crippen LogP contribution in [0.15, 0.2) is 0 Å². The molecule has 1 fully saturated rings. The number of nitrogens with zero attached hydrogens (tertiary/aromatic N) is 1. The summed E-state index contributed by atoms with van der Waals surface area (Å²) in [4.78, 5) is 13.8. The van der Waals surface area contributed by atoms with Gasteiger partial charge in [-0.1, -0.05) is 13.8 Å². The fourth-order valence-electron chi connectivity index (χ4n) is 2.12. The van der Waals surface area contributed by atoms with E-state index >= 15 is 0 Å². The largest absolute Gasteiger partial charge is 0.465 e. The van der Waals surface area contributed by atoms with Crippen LogP contribution < -0.4 is 0 Å². The molecule has 3 nitrogen and oxygen atoms in total. The van der Waals surface area contributed by atoms with E-state index in [9.17, 15) is 4.79 Å². The van der Waals surface area contributed by atoms with Crippen molar-refractivity contribution >= 4 is 5.97 Å². The van der Waals surface area contributed by atoms with Gasteiger partial charge < -0.3 is 4.74 Å². The second kappa shape index (κ2) is 5.50. The third kappa shape index (κ3) is 3.20. The van der Waals surface area contributed by atoms with Gasteiger partial charge in [-0.2, -0.15) is 0 Å². The number of carbonyl (C=O) groups excluding carboxylic acids is 1. The molecule has 0 aromatic heterocycles. The van der Waals surface area contributed by atoms with Crippen molar-refractivity contribution in [3.63, 3.8) is 0 Å². The van der Waals surface area contributed by atoms with Crippen molar-refractivity contribution in [2.24, 2.45) is 11.8 Å². The first-order valence-electron chi connectivity index (χ1n) is 5.97. The zero-order chi connectivity index (χ0) is 11.4. The van der Waals surface area contributed by atoms with Gasteiger partial charge in [0.1, 0.15) is 6.04 Å². The Labute approximate surface area is 92.8 Å². The molecule has 15 heavy (non-hydrogen) atoms. The lowest BCUT2D eigenvalue weighted by Crippen LogP contribution is -2.38. The number of rotatable bonds is 4. The molecule has 1 aliphatic heterocycles. The Hall–Kier alpha value is -0.570. The summed E-state index contributed by atoms with van der Waals surface area (Å²) >= 11 is 0. The van der Waals surface area contributed by atoms with Gasteiger partial charge in [-0.15, -0.1) is 0 Å². The predicted octanol–water partition coefficient (Wildman–Crippen LogP) is 1.92. The normalized spacial score (nSPS) is 24.5. The first-order valence-corrected chi connectivity index (χ1v) is 5.97. The van der Waals surface area contributed by atoms with Gasteiger partial charge in [-0.25, -0.2) is 0 Å². The van der Waals surface area contributed by atoms with Crippen molar-refractivity contribution in [3.05, 3.63) is 0 Å². The molecule has 0 saturated carbocycles. The SMILES string of the molecule is CCOC(=O)C(C)N1CCC(C(C)C)C1.